The maximum atomic E-state index is 9.55. The highest BCUT2D eigenvalue weighted by Gasteiger charge is 2.39. The molecule has 0 aromatic carbocycles. The number of aliphatic hydroxyl groups excluding tert-OH is 1. The number of aliphatic hydroxyl groups is 1. The second-order valence-corrected chi connectivity index (χ2v) is 4.25. The monoisotopic (exact) mass is 169 g/mol. The van der Waals surface area contributed by atoms with Crippen LogP contribution in [0.25, 0.3) is 0 Å². The van der Waals surface area contributed by atoms with E-state index in [4.69, 9.17) is 0 Å². The van der Waals surface area contributed by atoms with Crippen LogP contribution in [0.1, 0.15) is 39.0 Å². The van der Waals surface area contributed by atoms with Crippen molar-refractivity contribution >= 4 is 0 Å². The molecule has 0 unspecified atom stereocenters. The maximum absolute atomic E-state index is 9.55. The van der Waals surface area contributed by atoms with E-state index in [1.807, 2.05) is 0 Å². The van der Waals surface area contributed by atoms with Gasteiger partial charge in [0, 0.05) is 12.1 Å². The first kappa shape index (κ1) is 8.52. The van der Waals surface area contributed by atoms with Crippen molar-refractivity contribution in [1.82, 2.24) is 4.90 Å². The van der Waals surface area contributed by atoms with Crippen LogP contribution in [-0.4, -0.2) is 34.7 Å². The SMILES string of the molecule is CCCN1[C@@H]2CC[C@H]1C[C@@H](O)C2. The zero-order chi connectivity index (χ0) is 8.55. The maximum Gasteiger partial charge on any atom is 0.0570 e. The zero-order valence-electron chi connectivity index (χ0n) is 7.87. The van der Waals surface area contributed by atoms with Gasteiger partial charge in [-0.15, -0.1) is 0 Å². The lowest BCUT2D eigenvalue weighted by Gasteiger charge is -2.36. The van der Waals surface area contributed by atoms with E-state index in [9.17, 15) is 5.11 Å². The van der Waals surface area contributed by atoms with E-state index < -0.39 is 0 Å². The highest BCUT2D eigenvalue weighted by Crippen LogP contribution is 2.35. The molecule has 0 aliphatic carbocycles. The average molecular weight is 169 g/mol. The average Bonchev–Trinajstić information content (AvgIpc) is 2.32. The minimum Gasteiger partial charge on any atom is -0.393 e. The van der Waals surface area contributed by atoms with Crippen molar-refractivity contribution in [2.75, 3.05) is 6.54 Å². The van der Waals surface area contributed by atoms with Crippen molar-refractivity contribution in [2.45, 2.75) is 57.2 Å². The number of rotatable bonds is 2. The van der Waals surface area contributed by atoms with Gasteiger partial charge < -0.3 is 5.11 Å². The number of fused-ring (bicyclic) bond motifs is 2. The number of hydrogen-bond acceptors (Lipinski definition) is 2. The molecular weight excluding hydrogens is 150 g/mol. The second-order valence-electron chi connectivity index (χ2n) is 4.25. The van der Waals surface area contributed by atoms with Crippen LogP contribution in [0.3, 0.4) is 0 Å². The molecule has 0 aromatic rings. The van der Waals surface area contributed by atoms with Gasteiger partial charge in [0.1, 0.15) is 0 Å². The molecule has 2 heteroatoms. The zero-order valence-corrected chi connectivity index (χ0v) is 7.87. The molecular formula is C10H19NO. The summed E-state index contributed by atoms with van der Waals surface area (Å²) in [7, 11) is 0. The van der Waals surface area contributed by atoms with E-state index in [-0.39, 0.29) is 6.10 Å². The third-order valence-electron chi connectivity index (χ3n) is 3.34. The smallest absolute Gasteiger partial charge is 0.0570 e. The Hall–Kier alpha value is -0.0800. The fourth-order valence-corrected chi connectivity index (χ4v) is 2.87. The fraction of sp³-hybridized carbons (Fsp3) is 1.00. The van der Waals surface area contributed by atoms with Crippen molar-refractivity contribution in [3.63, 3.8) is 0 Å². The van der Waals surface area contributed by atoms with Gasteiger partial charge in [0.15, 0.2) is 0 Å². The van der Waals surface area contributed by atoms with E-state index in [0.29, 0.717) is 12.1 Å². The molecule has 2 heterocycles. The predicted octanol–water partition coefficient (Wildman–Crippen LogP) is 1.38. The molecule has 3 atom stereocenters. The van der Waals surface area contributed by atoms with Crippen LogP contribution in [0.2, 0.25) is 0 Å². The van der Waals surface area contributed by atoms with Gasteiger partial charge >= 0.3 is 0 Å². The third kappa shape index (κ3) is 1.38. The van der Waals surface area contributed by atoms with Gasteiger partial charge in [-0.05, 0) is 38.6 Å². The molecule has 0 saturated carbocycles. The quantitative estimate of drug-likeness (QED) is 0.675. The normalized spacial score (nSPS) is 42.0. The number of piperidine rings is 1. The Morgan fingerprint density at radius 1 is 1.25 bits per heavy atom. The Kier molecular flexibility index (Phi) is 2.37. The molecule has 2 bridgehead atoms. The standard InChI is InChI=1S/C10H19NO/c1-2-5-11-8-3-4-9(11)7-10(12)6-8/h8-10,12H,2-7H2,1H3/t8-,9+,10+. The van der Waals surface area contributed by atoms with E-state index in [2.05, 4.69) is 11.8 Å². The molecule has 2 saturated heterocycles. The number of nitrogens with zero attached hydrogens (tertiary/aromatic N) is 1. The summed E-state index contributed by atoms with van der Waals surface area (Å²) in [6.45, 7) is 3.48. The molecule has 1 N–H and O–H groups in total. The molecule has 0 radical (unpaired) electrons. The Bertz CT molecular complexity index is 146. The van der Waals surface area contributed by atoms with Gasteiger partial charge in [0.25, 0.3) is 0 Å². The lowest BCUT2D eigenvalue weighted by Crippen LogP contribution is -2.44. The molecule has 2 nitrogen and oxygen atoms in total. The summed E-state index contributed by atoms with van der Waals surface area (Å²) in [5.41, 5.74) is 0. The van der Waals surface area contributed by atoms with Gasteiger partial charge in [-0.1, -0.05) is 6.92 Å². The summed E-state index contributed by atoms with van der Waals surface area (Å²) in [6, 6.07) is 1.41. The van der Waals surface area contributed by atoms with Crippen LogP contribution < -0.4 is 0 Å². The summed E-state index contributed by atoms with van der Waals surface area (Å²) in [5.74, 6) is 0. The third-order valence-corrected chi connectivity index (χ3v) is 3.34. The van der Waals surface area contributed by atoms with E-state index in [1.165, 1.54) is 25.8 Å². The summed E-state index contributed by atoms with van der Waals surface area (Å²) in [4.78, 5) is 2.62. The molecule has 2 aliphatic heterocycles. The highest BCUT2D eigenvalue weighted by atomic mass is 16.3. The molecule has 2 fully saturated rings. The Morgan fingerprint density at radius 2 is 1.83 bits per heavy atom. The van der Waals surface area contributed by atoms with E-state index in [0.717, 1.165) is 12.8 Å². The van der Waals surface area contributed by atoms with Crippen molar-refractivity contribution in [2.24, 2.45) is 0 Å². The van der Waals surface area contributed by atoms with Crippen molar-refractivity contribution in [3.05, 3.63) is 0 Å². The predicted molar refractivity (Wildman–Crippen MR) is 49.0 cm³/mol. The van der Waals surface area contributed by atoms with Crippen LogP contribution in [0.4, 0.5) is 0 Å². The Balaban J connectivity index is 1.99. The first-order chi connectivity index (χ1) is 5.81. The Morgan fingerprint density at radius 3 is 2.33 bits per heavy atom. The van der Waals surface area contributed by atoms with Crippen molar-refractivity contribution in [3.8, 4) is 0 Å². The van der Waals surface area contributed by atoms with E-state index >= 15 is 0 Å². The lowest BCUT2D eigenvalue weighted by molar-refractivity contribution is 0.0356. The van der Waals surface area contributed by atoms with Gasteiger partial charge in [0.2, 0.25) is 0 Å². The van der Waals surface area contributed by atoms with Crippen LogP contribution in [0, 0.1) is 0 Å². The summed E-state index contributed by atoms with van der Waals surface area (Å²) in [5, 5.41) is 9.55. The van der Waals surface area contributed by atoms with E-state index in [1.54, 1.807) is 0 Å². The lowest BCUT2D eigenvalue weighted by atomic mass is 10.00. The fourth-order valence-electron chi connectivity index (χ4n) is 2.87. The van der Waals surface area contributed by atoms with Crippen LogP contribution >= 0.6 is 0 Å². The molecule has 0 aromatic heterocycles. The summed E-state index contributed by atoms with van der Waals surface area (Å²) in [6.07, 6.45) is 5.94. The Labute approximate surface area is 74.6 Å². The molecule has 2 rings (SSSR count). The molecule has 70 valence electrons. The minimum atomic E-state index is -0.00407. The molecule has 0 spiro atoms. The van der Waals surface area contributed by atoms with Crippen molar-refractivity contribution < 1.29 is 5.11 Å². The molecule has 12 heavy (non-hydrogen) atoms. The second kappa shape index (κ2) is 3.35. The van der Waals surface area contributed by atoms with Gasteiger partial charge in [-0.25, -0.2) is 0 Å². The van der Waals surface area contributed by atoms with Crippen LogP contribution in [0.15, 0.2) is 0 Å². The molecule has 2 aliphatic rings. The van der Waals surface area contributed by atoms with Gasteiger partial charge in [-0.3, -0.25) is 4.90 Å². The molecule has 0 amide bonds. The minimum absolute atomic E-state index is 0.00407. The highest BCUT2D eigenvalue weighted by molar-refractivity contribution is 4.94. The van der Waals surface area contributed by atoms with Gasteiger partial charge in [-0.2, -0.15) is 0 Å². The topological polar surface area (TPSA) is 23.5 Å². The first-order valence-corrected chi connectivity index (χ1v) is 5.25. The van der Waals surface area contributed by atoms with Gasteiger partial charge in [0.05, 0.1) is 6.10 Å². The van der Waals surface area contributed by atoms with Crippen molar-refractivity contribution in [1.29, 1.82) is 0 Å². The summed E-state index contributed by atoms with van der Waals surface area (Å²) < 4.78 is 0. The summed E-state index contributed by atoms with van der Waals surface area (Å²) >= 11 is 0. The van der Waals surface area contributed by atoms with Crippen LogP contribution in [-0.2, 0) is 0 Å². The van der Waals surface area contributed by atoms with Crippen LogP contribution in [0.5, 0.6) is 0 Å². The first-order valence-electron chi connectivity index (χ1n) is 5.25. The number of hydrogen-bond donors (Lipinski definition) is 1. The largest absolute Gasteiger partial charge is 0.393 e.